The van der Waals surface area contributed by atoms with Crippen molar-refractivity contribution in [3.05, 3.63) is 62.4 Å². The molecule has 4 heteroatoms. The highest BCUT2D eigenvalue weighted by molar-refractivity contribution is 9.12. The summed E-state index contributed by atoms with van der Waals surface area (Å²) < 4.78 is 2.34. The van der Waals surface area contributed by atoms with Gasteiger partial charge in [0.25, 0.3) is 0 Å². The number of allylic oxidation sites excluding steroid dienone is 1. The first-order valence-electron chi connectivity index (χ1n) is 7.79. The van der Waals surface area contributed by atoms with Crippen LogP contribution < -0.4 is 0 Å². The second-order valence-corrected chi connectivity index (χ2v) is 8.65. The lowest BCUT2D eigenvalue weighted by molar-refractivity contribution is 1.50. The Morgan fingerprint density at radius 2 is 1.67 bits per heavy atom. The third-order valence-corrected chi connectivity index (χ3v) is 7.01. The van der Waals surface area contributed by atoms with Gasteiger partial charge in [0, 0.05) is 24.3 Å². The van der Waals surface area contributed by atoms with Crippen molar-refractivity contribution in [2.75, 3.05) is 6.26 Å². The molecule has 2 aromatic carbocycles. The Morgan fingerprint density at radius 3 is 2.25 bits per heavy atom. The Morgan fingerprint density at radius 1 is 1.00 bits per heavy atom. The standard InChI is InChI=1S/C18H14Br2S2.C2H6/c1-11(19)17(21-2)14-7-3-6-13-12(14)5-4-8-15(13)18-16(20)9-10-22-18;1-2/h3-10H,1-2H3;1-2H3/b17-11+;. The molecule has 0 unspecified atom stereocenters. The zero-order valence-electron chi connectivity index (χ0n) is 14.2. The summed E-state index contributed by atoms with van der Waals surface area (Å²) in [6, 6.07) is 15.2. The lowest BCUT2D eigenvalue weighted by Gasteiger charge is -2.12. The van der Waals surface area contributed by atoms with Crippen LogP contribution in [0.4, 0.5) is 0 Å². The average Bonchev–Trinajstić information content (AvgIpc) is 3.02. The van der Waals surface area contributed by atoms with Crippen LogP contribution in [0.1, 0.15) is 26.3 Å². The van der Waals surface area contributed by atoms with Gasteiger partial charge in [0.05, 0.1) is 0 Å². The fourth-order valence-electron chi connectivity index (χ4n) is 2.63. The van der Waals surface area contributed by atoms with Gasteiger partial charge in [-0.3, -0.25) is 0 Å². The number of rotatable bonds is 3. The highest BCUT2D eigenvalue weighted by Gasteiger charge is 2.13. The topological polar surface area (TPSA) is 0 Å². The molecule has 0 saturated heterocycles. The Bertz CT molecular complexity index is 859. The number of halogens is 2. The molecule has 0 aliphatic rings. The normalized spacial score (nSPS) is 11.8. The van der Waals surface area contributed by atoms with Gasteiger partial charge < -0.3 is 0 Å². The molecular formula is C20H20Br2S2. The number of thioether (sulfide) groups is 1. The third-order valence-electron chi connectivity index (χ3n) is 3.55. The van der Waals surface area contributed by atoms with Crippen molar-refractivity contribution < 1.29 is 0 Å². The highest BCUT2D eigenvalue weighted by Crippen LogP contribution is 2.41. The number of hydrogen-bond donors (Lipinski definition) is 0. The van der Waals surface area contributed by atoms with Crippen LogP contribution in [0.2, 0.25) is 0 Å². The van der Waals surface area contributed by atoms with Crippen LogP contribution in [0, 0.1) is 0 Å². The molecule has 0 saturated carbocycles. The second kappa shape index (κ2) is 9.23. The van der Waals surface area contributed by atoms with Gasteiger partial charge in [-0.25, -0.2) is 0 Å². The summed E-state index contributed by atoms with van der Waals surface area (Å²) in [5.41, 5.74) is 2.57. The lowest BCUT2D eigenvalue weighted by Crippen LogP contribution is -1.87. The molecule has 3 aromatic rings. The molecule has 126 valence electrons. The van der Waals surface area contributed by atoms with Gasteiger partial charge in [-0.15, -0.1) is 23.1 Å². The molecule has 1 aromatic heterocycles. The first-order chi connectivity index (χ1) is 11.6. The van der Waals surface area contributed by atoms with E-state index in [-0.39, 0.29) is 0 Å². The molecule has 0 fully saturated rings. The zero-order valence-corrected chi connectivity index (χ0v) is 19.0. The Balaban J connectivity index is 0.00000100. The maximum Gasteiger partial charge on any atom is 0.0491 e. The molecule has 0 nitrogen and oxygen atoms in total. The van der Waals surface area contributed by atoms with Gasteiger partial charge in [0.2, 0.25) is 0 Å². The van der Waals surface area contributed by atoms with Crippen LogP contribution in [0.15, 0.2) is 56.8 Å². The number of fused-ring (bicyclic) bond motifs is 1. The van der Waals surface area contributed by atoms with E-state index in [1.165, 1.54) is 36.2 Å². The van der Waals surface area contributed by atoms with Gasteiger partial charge in [-0.1, -0.05) is 66.2 Å². The summed E-state index contributed by atoms with van der Waals surface area (Å²) in [7, 11) is 0. The summed E-state index contributed by atoms with van der Waals surface area (Å²) in [5, 5.41) is 4.71. The molecule has 0 amide bonds. The summed E-state index contributed by atoms with van der Waals surface area (Å²) in [4.78, 5) is 2.57. The van der Waals surface area contributed by atoms with E-state index in [0.717, 1.165) is 4.47 Å². The van der Waals surface area contributed by atoms with Crippen molar-refractivity contribution in [2.45, 2.75) is 20.8 Å². The number of benzene rings is 2. The largest absolute Gasteiger partial charge is 0.143 e. The maximum atomic E-state index is 3.66. The van der Waals surface area contributed by atoms with E-state index in [1.54, 1.807) is 23.1 Å². The number of hydrogen-bond acceptors (Lipinski definition) is 2. The molecule has 0 atom stereocenters. The highest BCUT2D eigenvalue weighted by atomic mass is 79.9. The fraction of sp³-hybridized carbons (Fsp3) is 0.200. The van der Waals surface area contributed by atoms with E-state index < -0.39 is 0 Å². The minimum Gasteiger partial charge on any atom is -0.143 e. The molecule has 0 spiro atoms. The van der Waals surface area contributed by atoms with Crippen molar-refractivity contribution in [3.8, 4) is 10.4 Å². The average molecular weight is 484 g/mol. The van der Waals surface area contributed by atoms with Crippen LogP contribution in [0.3, 0.4) is 0 Å². The molecule has 3 rings (SSSR count). The molecule has 0 aliphatic heterocycles. The molecule has 0 radical (unpaired) electrons. The van der Waals surface area contributed by atoms with Crippen molar-refractivity contribution >= 4 is 70.6 Å². The molecule has 0 aliphatic carbocycles. The van der Waals surface area contributed by atoms with Crippen LogP contribution in [0.5, 0.6) is 0 Å². The predicted octanol–water partition coefficient (Wildman–Crippen LogP) is 8.80. The van der Waals surface area contributed by atoms with Gasteiger partial charge in [0.1, 0.15) is 0 Å². The zero-order chi connectivity index (χ0) is 17.7. The maximum absolute atomic E-state index is 3.66. The second-order valence-electron chi connectivity index (χ2n) is 4.87. The molecule has 0 N–H and O–H groups in total. The summed E-state index contributed by atoms with van der Waals surface area (Å²) in [6.07, 6.45) is 2.12. The Hall–Kier alpha value is -0.550. The van der Waals surface area contributed by atoms with Crippen molar-refractivity contribution in [2.24, 2.45) is 0 Å². The predicted molar refractivity (Wildman–Crippen MR) is 121 cm³/mol. The van der Waals surface area contributed by atoms with Gasteiger partial charge in [-0.2, -0.15) is 0 Å². The smallest absolute Gasteiger partial charge is 0.0491 e. The summed E-state index contributed by atoms with van der Waals surface area (Å²) in [5.74, 6) is 0. The minimum absolute atomic E-state index is 1.16. The van der Waals surface area contributed by atoms with Crippen molar-refractivity contribution in [1.29, 1.82) is 0 Å². The van der Waals surface area contributed by atoms with Gasteiger partial charge >= 0.3 is 0 Å². The van der Waals surface area contributed by atoms with E-state index >= 15 is 0 Å². The van der Waals surface area contributed by atoms with E-state index in [4.69, 9.17) is 0 Å². The SMILES string of the molecule is CC.CS/C(=C(\C)Br)c1cccc2c(-c3sccc3Br)cccc12. The van der Waals surface area contributed by atoms with Crippen LogP contribution in [0.25, 0.3) is 26.1 Å². The van der Waals surface area contributed by atoms with Crippen LogP contribution >= 0.6 is 55.0 Å². The van der Waals surface area contributed by atoms with E-state index in [9.17, 15) is 0 Å². The first kappa shape index (κ1) is 19.8. The molecule has 1 heterocycles. The van der Waals surface area contributed by atoms with Crippen molar-refractivity contribution in [1.82, 2.24) is 0 Å². The van der Waals surface area contributed by atoms with E-state index in [1.807, 2.05) is 13.8 Å². The molecule has 24 heavy (non-hydrogen) atoms. The fourth-order valence-corrected chi connectivity index (χ4v) is 5.63. The molecule has 0 bridgehead atoms. The van der Waals surface area contributed by atoms with Gasteiger partial charge in [0.15, 0.2) is 0 Å². The quantitative estimate of drug-likeness (QED) is 0.358. The first-order valence-corrected chi connectivity index (χ1v) is 11.5. The monoisotopic (exact) mass is 482 g/mol. The number of thiophene rings is 1. The summed E-state index contributed by atoms with van der Waals surface area (Å²) >= 11 is 10.9. The van der Waals surface area contributed by atoms with Gasteiger partial charge in [-0.05, 0) is 56.9 Å². The van der Waals surface area contributed by atoms with Crippen LogP contribution in [-0.2, 0) is 0 Å². The van der Waals surface area contributed by atoms with E-state index in [0.29, 0.717) is 0 Å². The Kier molecular flexibility index (Phi) is 7.60. The third kappa shape index (κ3) is 3.98. The van der Waals surface area contributed by atoms with Crippen LogP contribution in [-0.4, -0.2) is 6.26 Å². The minimum atomic E-state index is 1.16. The van der Waals surface area contributed by atoms with E-state index in [2.05, 4.69) is 92.9 Å². The molecular weight excluding hydrogens is 464 g/mol. The Labute approximate surface area is 169 Å². The lowest BCUT2D eigenvalue weighted by atomic mass is 9.99. The summed E-state index contributed by atoms with van der Waals surface area (Å²) in [6.45, 7) is 6.10. The van der Waals surface area contributed by atoms with Crippen molar-refractivity contribution in [3.63, 3.8) is 0 Å².